The van der Waals surface area contributed by atoms with E-state index in [4.69, 9.17) is 4.74 Å². The standard InChI is InChI=1S/C14H23N5O/c1-10-9-19(6-7-20-5)14(16-10)15-8-13-11(2)17-18(4)12(13)3/h9H,6-8H2,1-5H3,(H,15,16). The number of hydrogen-bond donors (Lipinski definition) is 1. The second kappa shape index (κ2) is 6.09. The molecule has 0 spiro atoms. The number of nitrogens with zero attached hydrogens (tertiary/aromatic N) is 4. The Hall–Kier alpha value is -1.82. The number of hydrogen-bond acceptors (Lipinski definition) is 4. The summed E-state index contributed by atoms with van der Waals surface area (Å²) in [7, 11) is 3.68. The van der Waals surface area contributed by atoms with Gasteiger partial charge in [-0.1, -0.05) is 0 Å². The van der Waals surface area contributed by atoms with Crippen LogP contribution >= 0.6 is 0 Å². The number of nitrogens with one attached hydrogen (secondary N) is 1. The Kier molecular flexibility index (Phi) is 4.44. The normalized spacial score (nSPS) is 11.1. The zero-order valence-electron chi connectivity index (χ0n) is 12.9. The van der Waals surface area contributed by atoms with Gasteiger partial charge in [0.2, 0.25) is 5.95 Å². The van der Waals surface area contributed by atoms with Crippen LogP contribution in [0, 0.1) is 20.8 Å². The number of anilines is 1. The minimum Gasteiger partial charge on any atom is -0.383 e. The van der Waals surface area contributed by atoms with Gasteiger partial charge in [0, 0.05) is 44.7 Å². The summed E-state index contributed by atoms with van der Waals surface area (Å²) >= 11 is 0. The number of rotatable bonds is 6. The maximum Gasteiger partial charge on any atom is 0.203 e. The molecule has 0 unspecified atom stereocenters. The number of ether oxygens (including phenoxy) is 1. The lowest BCUT2D eigenvalue weighted by atomic mass is 10.2. The van der Waals surface area contributed by atoms with Crippen LogP contribution in [0.15, 0.2) is 6.20 Å². The van der Waals surface area contributed by atoms with Gasteiger partial charge in [-0.3, -0.25) is 4.68 Å². The van der Waals surface area contributed by atoms with Crippen molar-refractivity contribution in [3.05, 3.63) is 28.8 Å². The maximum atomic E-state index is 5.12. The molecule has 20 heavy (non-hydrogen) atoms. The monoisotopic (exact) mass is 277 g/mol. The van der Waals surface area contributed by atoms with Crippen LogP contribution in [0.3, 0.4) is 0 Å². The van der Waals surface area contributed by atoms with Crippen LogP contribution in [0.4, 0.5) is 5.95 Å². The van der Waals surface area contributed by atoms with Crippen molar-refractivity contribution in [3.63, 3.8) is 0 Å². The van der Waals surface area contributed by atoms with Crippen LogP contribution in [0.1, 0.15) is 22.6 Å². The van der Waals surface area contributed by atoms with E-state index in [-0.39, 0.29) is 0 Å². The molecule has 2 aromatic heterocycles. The first-order chi connectivity index (χ1) is 9.52. The lowest BCUT2D eigenvalue weighted by Gasteiger charge is -2.09. The summed E-state index contributed by atoms with van der Waals surface area (Å²) in [6.07, 6.45) is 2.03. The van der Waals surface area contributed by atoms with Crippen LogP contribution < -0.4 is 5.32 Å². The van der Waals surface area contributed by atoms with Crippen molar-refractivity contribution in [3.8, 4) is 0 Å². The highest BCUT2D eigenvalue weighted by Gasteiger charge is 2.11. The molecule has 0 fully saturated rings. The molecule has 0 atom stereocenters. The van der Waals surface area contributed by atoms with Crippen LogP contribution in [0.5, 0.6) is 0 Å². The molecule has 6 heteroatoms. The highest BCUT2D eigenvalue weighted by molar-refractivity contribution is 5.33. The van der Waals surface area contributed by atoms with Gasteiger partial charge in [0.05, 0.1) is 18.0 Å². The molecule has 0 amide bonds. The average Bonchev–Trinajstić information content (AvgIpc) is 2.86. The fourth-order valence-electron chi connectivity index (χ4n) is 2.29. The fourth-order valence-corrected chi connectivity index (χ4v) is 2.29. The van der Waals surface area contributed by atoms with E-state index in [9.17, 15) is 0 Å². The molecule has 0 saturated carbocycles. The summed E-state index contributed by atoms with van der Waals surface area (Å²) in [4.78, 5) is 4.51. The van der Waals surface area contributed by atoms with Crippen molar-refractivity contribution < 1.29 is 4.74 Å². The van der Waals surface area contributed by atoms with E-state index in [0.29, 0.717) is 6.61 Å². The average molecular weight is 277 g/mol. The summed E-state index contributed by atoms with van der Waals surface area (Å²) in [6, 6.07) is 0. The van der Waals surface area contributed by atoms with E-state index >= 15 is 0 Å². The first kappa shape index (κ1) is 14.6. The van der Waals surface area contributed by atoms with Gasteiger partial charge in [0.15, 0.2) is 0 Å². The Bertz CT molecular complexity index is 585. The molecule has 0 aliphatic heterocycles. The van der Waals surface area contributed by atoms with Gasteiger partial charge >= 0.3 is 0 Å². The highest BCUT2D eigenvalue weighted by Crippen LogP contribution is 2.15. The number of methoxy groups -OCH3 is 1. The lowest BCUT2D eigenvalue weighted by molar-refractivity contribution is 0.187. The Morgan fingerprint density at radius 2 is 2.05 bits per heavy atom. The molecule has 110 valence electrons. The summed E-state index contributed by atoms with van der Waals surface area (Å²) in [5.41, 5.74) is 4.47. The summed E-state index contributed by atoms with van der Waals surface area (Å²) in [5.74, 6) is 0.877. The zero-order chi connectivity index (χ0) is 14.7. The molecular weight excluding hydrogens is 254 g/mol. The van der Waals surface area contributed by atoms with Crippen molar-refractivity contribution in [1.29, 1.82) is 0 Å². The molecule has 2 rings (SSSR count). The predicted octanol–water partition coefficient (Wildman–Crippen LogP) is 1.80. The van der Waals surface area contributed by atoms with E-state index in [0.717, 1.165) is 30.4 Å². The summed E-state index contributed by atoms with van der Waals surface area (Å²) in [6.45, 7) is 8.32. The Morgan fingerprint density at radius 1 is 1.30 bits per heavy atom. The maximum absolute atomic E-state index is 5.12. The molecule has 2 heterocycles. The topological polar surface area (TPSA) is 56.9 Å². The molecule has 2 aromatic rings. The SMILES string of the molecule is COCCn1cc(C)nc1NCc1c(C)nn(C)c1C. The molecule has 0 saturated heterocycles. The molecule has 6 nitrogen and oxygen atoms in total. The quantitative estimate of drug-likeness (QED) is 0.874. The van der Waals surface area contributed by atoms with Crippen molar-refractivity contribution in [2.45, 2.75) is 33.9 Å². The third-order valence-electron chi connectivity index (χ3n) is 3.52. The summed E-state index contributed by atoms with van der Waals surface area (Å²) in [5, 5.41) is 7.83. The van der Waals surface area contributed by atoms with Crippen molar-refractivity contribution in [1.82, 2.24) is 19.3 Å². The number of imidazole rings is 1. The second-order valence-corrected chi connectivity index (χ2v) is 5.02. The first-order valence-corrected chi connectivity index (χ1v) is 6.78. The lowest BCUT2D eigenvalue weighted by Crippen LogP contribution is -2.10. The molecule has 1 N–H and O–H groups in total. The summed E-state index contributed by atoms with van der Waals surface area (Å²) < 4.78 is 9.12. The second-order valence-electron chi connectivity index (χ2n) is 5.02. The van der Waals surface area contributed by atoms with Crippen molar-refractivity contribution in [2.75, 3.05) is 19.0 Å². The highest BCUT2D eigenvalue weighted by atomic mass is 16.5. The van der Waals surface area contributed by atoms with Gasteiger partial charge in [-0.15, -0.1) is 0 Å². The van der Waals surface area contributed by atoms with Gasteiger partial charge in [-0.05, 0) is 20.8 Å². The Labute approximate surface area is 119 Å². The molecule has 0 radical (unpaired) electrons. The smallest absolute Gasteiger partial charge is 0.203 e. The zero-order valence-corrected chi connectivity index (χ0v) is 12.9. The van der Waals surface area contributed by atoms with E-state index in [2.05, 4.69) is 26.9 Å². The van der Waals surface area contributed by atoms with Crippen molar-refractivity contribution in [2.24, 2.45) is 7.05 Å². The fraction of sp³-hybridized carbons (Fsp3) is 0.571. The van der Waals surface area contributed by atoms with Crippen LogP contribution in [-0.2, 0) is 24.9 Å². The minimum absolute atomic E-state index is 0.676. The predicted molar refractivity (Wildman–Crippen MR) is 78.8 cm³/mol. The molecular formula is C14H23N5O. The van der Waals surface area contributed by atoms with Gasteiger partial charge in [0.25, 0.3) is 0 Å². The van der Waals surface area contributed by atoms with Crippen LogP contribution in [0.2, 0.25) is 0 Å². The van der Waals surface area contributed by atoms with Crippen molar-refractivity contribution >= 4 is 5.95 Å². The van der Waals surface area contributed by atoms with E-state index in [1.165, 1.54) is 11.3 Å². The molecule has 0 aliphatic rings. The van der Waals surface area contributed by atoms with Crippen LogP contribution in [-0.4, -0.2) is 33.0 Å². The third kappa shape index (κ3) is 3.01. The largest absolute Gasteiger partial charge is 0.383 e. The van der Waals surface area contributed by atoms with E-state index < -0.39 is 0 Å². The minimum atomic E-state index is 0.676. The van der Waals surface area contributed by atoms with Gasteiger partial charge in [-0.25, -0.2) is 4.98 Å². The van der Waals surface area contributed by atoms with Gasteiger partial charge in [-0.2, -0.15) is 5.10 Å². The Balaban J connectivity index is 2.10. The van der Waals surface area contributed by atoms with E-state index in [1.807, 2.05) is 31.8 Å². The molecule has 0 bridgehead atoms. The van der Waals surface area contributed by atoms with E-state index in [1.54, 1.807) is 7.11 Å². The number of aryl methyl sites for hydroxylation is 3. The number of aromatic nitrogens is 4. The molecule has 0 aliphatic carbocycles. The Morgan fingerprint density at radius 3 is 2.65 bits per heavy atom. The van der Waals surface area contributed by atoms with Crippen LogP contribution in [0.25, 0.3) is 0 Å². The first-order valence-electron chi connectivity index (χ1n) is 6.78. The van der Waals surface area contributed by atoms with Gasteiger partial charge < -0.3 is 14.6 Å². The molecule has 0 aromatic carbocycles. The third-order valence-corrected chi connectivity index (χ3v) is 3.52. The van der Waals surface area contributed by atoms with Gasteiger partial charge in [0.1, 0.15) is 0 Å².